The summed E-state index contributed by atoms with van der Waals surface area (Å²) in [4.78, 5) is 11.3. The van der Waals surface area contributed by atoms with Crippen LogP contribution in [-0.2, 0) is 4.79 Å². The van der Waals surface area contributed by atoms with Gasteiger partial charge in [-0.05, 0) is 19.9 Å². The zero-order chi connectivity index (χ0) is 10.3. The van der Waals surface area contributed by atoms with Crippen LogP contribution < -0.4 is 5.73 Å². The maximum Gasteiger partial charge on any atom is 0.227 e. The quantitative estimate of drug-likeness (QED) is 0.687. The summed E-state index contributed by atoms with van der Waals surface area (Å²) in [6, 6.07) is 0. The molecule has 0 aromatic rings. The molecule has 0 aliphatic heterocycles. The number of hydrogen-bond donors (Lipinski definition) is 1. The number of thioether (sulfide) groups is 1. The highest BCUT2D eigenvalue weighted by Gasteiger charge is 1.94. The highest BCUT2D eigenvalue weighted by atomic mass is 32.2. The van der Waals surface area contributed by atoms with Gasteiger partial charge in [-0.25, -0.2) is 0 Å². The second-order valence-corrected chi connectivity index (χ2v) is 3.69. The van der Waals surface area contributed by atoms with Crippen molar-refractivity contribution in [2.45, 2.75) is 13.8 Å². The van der Waals surface area contributed by atoms with Crippen LogP contribution in [0.15, 0.2) is 35.3 Å². The van der Waals surface area contributed by atoms with E-state index in [9.17, 15) is 4.79 Å². The first-order valence-electron chi connectivity index (χ1n) is 3.97. The van der Waals surface area contributed by atoms with E-state index in [-0.39, 0.29) is 11.7 Å². The largest absolute Gasteiger partial charge is 0.369 e. The van der Waals surface area contributed by atoms with E-state index < -0.39 is 0 Å². The molecule has 0 heterocycles. The summed E-state index contributed by atoms with van der Waals surface area (Å²) < 4.78 is 0. The van der Waals surface area contributed by atoms with Gasteiger partial charge in [0.25, 0.3) is 0 Å². The molecule has 0 aliphatic rings. The minimum atomic E-state index is -0.317. The first-order valence-corrected chi connectivity index (χ1v) is 4.96. The van der Waals surface area contributed by atoms with Crippen LogP contribution >= 0.6 is 11.8 Å². The summed E-state index contributed by atoms with van der Waals surface area (Å²) in [5, 5.41) is 0. The summed E-state index contributed by atoms with van der Waals surface area (Å²) in [6.45, 7) is 7.75. The molecule has 0 spiro atoms. The standard InChI is InChI=1S/C10H15NOS/c1-4-8(2)5-6-9(3)13-7-10(11)12/h4-6H,3,7H2,1-2H3,(H2,11,12)/b6-5-,8-4-. The molecule has 2 nitrogen and oxygen atoms in total. The Kier molecular flexibility index (Phi) is 6.06. The fourth-order valence-electron chi connectivity index (χ4n) is 0.533. The lowest BCUT2D eigenvalue weighted by molar-refractivity contribution is -0.115. The molecule has 0 bridgehead atoms. The third kappa shape index (κ3) is 7.40. The van der Waals surface area contributed by atoms with Crippen LogP contribution in [0.5, 0.6) is 0 Å². The van der Waals surface area contributed by atoms with Crippen molar-refractivity contribution in [2.75, 3.05) is 5.75 Å². The van der Waals surface area contributed by atoms with Gasteiger partial charge in [0, 0.05) is 4.91 Å². The highest BCUT2D eigenvalue weighted by molar-refractivity contribution is 8.03. The maximum atomic E-state index is 10.4. The minimum absolute atomic E-state index is 0.290. The Bertz CT molecular complexity index is 254. The van der Waals surface area contributed by atoms with Crippen LogP contribution in [0.3, 0.4) is 0 Å². The summed E-state index contributed by atoms with van der Waals surface area (Å²) in [7, 11) is 0. The van der Waals surface area contributed by atoms with E-state index in [0.717, 1.165) is 4.91 Å². The molecule has 1 amide bonds. The predicted octanol–water partition coefficient (Wildman–Crippen LogP) is 2.24. The van der Waals surface area contributed by atoms with Gasteiger partial charge in [-0.15, -0.1) is 11.8 Å². The van der Waals surface area contributed by atoms with Crippen LogP contribution in [0.25, 0.3) is 0 Å². The average Bonchev–Trinajstić information content (AvgIpc) is 2.10. The molecular weight excluding hydrogens is 182 g/mol. The number of primary amides is 1. The summed E-state index contributed by atoms with van der Waals surface area (Å²) in [5.41, 5.74) is 6.15. The molecule has 0 rings (SSSR count). The first-order chi connectivity index (χ1) is 6.06. The first kappa shape index (κ1) is 12.0. The zero-order valence-corrected chi connectivity index (χ0v) is 8.86. The van der Waals surface area contributed by atoms with Gasteiger partial charge in [-0.1, -0.05) is 24.3 Å². The van der Waals surface area contributed by atoms with Crippen molar-refractivity contribution in [3.05, 3.63) is 35.3 Å². The monoisotopic (exact) mass is 197 g/mol. The van der Waals surface area contributed by atoms with Crippen LogP contribution in [0.2, 0.25) is 0 Å². The predicted molar refractivity (Wildman–Crippen MR) is 59.4 cm³/mol. The Balaban J connectivity index is 3.88. The molecule has 0 atom stereocenters. The molecule has 0 aromatic heterocycles. The summed E-state index contributed by atoms with van der Waals surface area (Å²) in [5.74, 6) is -0.0276. The van der Waals surface area contributed by atoms with Gasteiger partial charge in [0.15, 0.2) is 0 Å². The molecule has 0 radical (unpaired) electrons. The van der Waals surface area contributed by atoms with Crippen molar-refractivity contribution in [1.82, 2.24) is 0 Å². The van der Waals surface area contributed by atoms with E-state index in [4.69, 9.17) is 5.73 Å². The van der Waals surface area contributed by atoms with Gasteiger partial charge in [0.05, 0.1) is 5.75 Å². The van der Waals surface area contributed by atoms with Gasteiger partial charge in [0.2, 0.25) is 5.91 Å². The van der Waals surface area contributed by atoms with Crippen molar-refractivity contribution >= 4 is 17.7 Å². The van der Waals surface area contributed by atoms with E-state index >= 15 is 0 Å². The smallest absolute Gasteiger partial charge is 0.227 e. The van der Waals surface area contributed by atoms with Crippen molar-refractivity contribution in [3.8, 4) is 0 Å². The normalized spacial score (nSPS) is 12.0. The number of amides is 1. The fourth-order valence-corrected chi connectivity index (χ4v) is 1.02. The van der Waals surface area contributed by atoms with Gasteiger partial charge < -0.3 is 5.73 Å². The molecule has 2 N–H and O–H groups in total. The van der Waals surface area contributed by atoms with Crippen LogP contribution in [0.4, 0.5) is 0 Å². The highest BCUT2D eigenvalue weighted by Crippen LogP contribution is 2.14. The number of rotatable bonds is 5. The van der Waals surface area contributed by atoms with E-state index in [2.05, 4.69) is 6.58 Å². The van der Waals surface area contributed by atoms with Gasteiger partial charge >= 0.3 is 0 Å². The molecule has 0 saturated heterocycles. The Morgan fingerprint density at radius 3 is 2.62 bits per heavy atom. The molecule has 13 heavy (non-hydrogen) atoms. The number of hydrogen-bond acceptors (Lipinski definition) is 2. The topological polar surface area (TPSA) is 43.1 Å². The Labute approximate surface area is 83.6 Å². The number of nitrogens with two attached hydrogens (primary N) is 1. The second-order valence-electron chi connectivity index (χ2n) is 2.59. The zero-order valence-electron chi connectivity index (χ0n) is 8.04. The van der Waals surface area contributed by atoms with Gasteiger partial charge in [-0.3, -0.25) is 4.79 Å². The van der Waals surface area contributed by atoms with Crippen LogP contribution in [-0.4, -0.2) is 11.7 Å². The molecule has 0 fully saturated rings. The Morgan fingerprint density at radius 2 is 2.15 bits per heavy atom. The molecule has 3 heteroatoms. The van der Waals surface area contributed by atoms with Gasteiger partial charge in [-0.2, -0.15) is 0 Å². The fraction of sp³-hybridized carbons (Fsp3) is 0.300. The lowest BCUT2D eigenvalue weighted by Gasteiger charge is -1.96. The number of carbonyl (C=O) groups excluding carboxylic acids is 1. The molecule has 0 saturated carbocycles. The molecule has 0 unspecified atom stereocenters. The average molecular weight is 197 g/mol. The molecule has 0 aliphatic carbocycles. The molecular formula is C10H15NOS. The lowest BCUT2D eigenvalue weighted by Crippen LogP contribution is -2.12. The minimum Gasteiger partial charge on any atom is -0.369 e. The van der Waals surface area contributed by atoms with E-state index in [1.807, 2.05) is 32.1 Å². The van der Waals surface area contributed by atoms with Crippen molar-refractivity contribution in [1.29, 1.82) is 0 Å². The third-order valence-electron chi connectivity index (χ3n) is 1.39. The van der Waals surface area contributed by atoms with Crippen LogP contribution in [0.1, 0.15) is 13.8 Å². The second kappa shape index (κ2) is 6.54. The van der Waals surface area contributed by atoms with E-state index in [1.54, 1.807) is 0 Å². The summed E-state index contributed by atoms with van der Waals surface area (Å²) in [6.07, 6.45) is 5.84. The molecule has 72 valence electrons. The van der Waals surface area contributed by atoms with Crippen molar-refractivity contribution in [2.24, 2.45) is 5.73 Å². The Hall–Kier alpha value is -0.960. The van der Waals surface area contributed by atoms with E-state index in [0.29, 0.717) is 0 Å². The Morgan fingerprint density at radius 1 is 1.54 bits per heavy atom. The van der Waals surface area contributed by atoms with E-state index in [1.165, 1.54) is 17.3 Å². The molecule has 0 aromatic carbocycles. The lowest BCUT2D eigenvalue weighted by atomic mass is 10.3. The van der Waals surface area contributed by atoms with Crippen molar-refractivity contribution in [3.63, 3.8) is 0 Å². The number of allylic oxidation sites excluding steroid dienone is 4. The van der Waals surface area contributed by atoms with Crippen LogP contribution in [0, 0.1) is 0 Å². The summed E-state index contributed by atoms with van der Waals surface area (Å²) >= 11 is 1.35. The number of carbonyl (C=O) groups is 1. The SMILES string of the molecule is C=C(/C=C\C(C)=C/C)SCC(N)=O. The van der Waals surface area contributed by atoms with Gasteiger partial charge in [0.1, 0.15) is 0 Å². The maximum absolute atomic E-state index is 10.4. The van der Waals surface area contributed by atoms with Crippen molar-refractivity contribution < 1.29 is 4.79 Å². The third-order valence-corrected chi connectivity index (χ3v) is 2.32.